The van der Waals surface area contributed by atoms with E-state index < -0.39 is 5.97 Å². The lowest BCUT2D eigenvalue weighted by Crippen LogP contribution is -2.13. The first-order valence-corrected chi connectivity index (χ1v) is 7.66. The van der Waals surface area contributed by atoms with Crippen LogP contribution in [0.5, 0.6) is 0 Å². The van der Waals surface area contributed by atoms with Crippen LogP contribution >= 0.6 is 34.3 Å². The number of halogens is 1. The van der Waals surface area contributed by atoms with E-state index in [2.05, 4.69) is 0 Å². The van der Waals surface area contributed by atoms with Crippen LogP contribution in [0, 0.1) is 0 Å². The van der Waals surface area contributed by atoms with E-state index in [0.717, 1.165) is 28.2 Å². The molecule has 2 heterocycles. The molecule has 0 saturated heterocycles. The van der Waals surface area contributed by atoms with Gasteiger partial charge in [-0.05, 0) is 23.8 Å². The van der Waals surface area contributed by atoms with Crippen LogP contribution in [0.25, 0.3) is 9.53 Å². The first-order chi connectivity index (χ1) is 9.54. The fourth-order valence-electron chi connectivity index (χ4n) is 1.87. The fourth-order valence-corrected chi connectivity index (χ4v) is 4.10. The van der Waals surface area contributed by atoms with E-state index in [9.17, 15) is 9.59 Å². The molecule has 0 amide bonds. The number of rotatable bonds is 3. The lowest BCUT2D eigenvalue weighted by Gasteiger charge is -2.02. The Morgan fingerprint density at radius 1 is 1.25 bits per heavy atom. The van der Waals surface area contributed by atoms with Crippen LogP contribution in [-0.2, 0) is 6.54 Å². The molecular weight excluding hydrogens is 318 g/mol. The fraction of sp³-hybridized carbons (Fsp3) is 0.0769. The molecule has 0 aliphatic carbocycles. The average molecular weight is 326 g/mol. The number of aromatic carboxylic acids is 1. The zero-order chi connectivity index (χ0) is 14.3. The number of hydrogen-bond acceptors (Lipinski definition) is 4. The maximum Gasteiger partial charge on any atom is 0.345 e. The van der Waals surface area contributed by atoms with Crippen LogP contribution in [0.2, 0.25) is 5.02 Å². The van der Waals surface area contributed by atoms with Gasteiger partial charge in [-0.25, -0.2) is 4.79 Å². The maximum absolute atomic E-state index is 12.0. The summed E-state index contributed by atoms with van der Waals surface area (Å²) >= 11 is 8.02. The number of carboxylic acids is 1. The number of aromatic nitrogens is 1. The molecule has 20 heavy (non-hydrogen) atoms. The molecule has 2 aromatic heterocycles. The second-order valence-corrected chi connectivity index (χ2v) is 6.63. The number of thiophene rings is 1. The van der Waals surface area contributed by atoms with Crippen molar-refractivity contribution in [3.05, 3.63) is 55.5 Å². The van der Waals surface area contributed by atoms with E-state index in [1.165, 1.54) is 0 Å². The van der Waals surface area contributed by atoms with E-state index in [1.807, 2.05) is 12.1 Å². The molecule has 0 fully saturated rings. The molecule has 0 unspecified atom stereocenters. The second-order valence-electron chi connectivity index (χ2n) is 4.17. The van der Waals surface area contributed by atoms with Crippen molar-refractivity contribution in [2.75, 3.05) is 0 Å². The van der Waals surface area contributed by atoms with Crippen LogP contribution in [0.15, 0.2) is 35.1 Å². The van der Waals surface area contributed by atoms with Gasteiger partial charge in [-0.1, -0.05) is 35.1 Å². The third-order valence-electron chi connectivity index (χ3n) is 2.81. The number of hydrogen-bond donors (Lipinski definition) is 1. The number of nitrogens with zero attached hydrogens (tertiary/aromatic N) is 1. The highest BCUT2D eigenvalue weighted by Gasteiger charge is 2.15. The SMILES string of the molecule is O=C(O)c1cc2sc(=O)n(Cc3ccc(Cl)cc3)c2s1. The average Bonchev–Trinajstić information content (AvgIpc) is 2.92. The Labute approximate surface area is 126 Å². The number of carbonyl (C=O) groups is 1. The Balaban J connectivity index is 2.05. The zero-order valence-corrected chi connectivity index (χ0v) is 12.4. The van der Waals surface area contributed by atoms with Gasteiger partial charge in [0, 0.05) is 5.02 Å². The molecule has 3 aromatic rings. The normalized spacial score (nSPS) is 11.1. The molecule has 102 valence electrons. The van der Waals surface area contributed by atoms with Crippen molar-refractivity contribution in [3.63, 3.8) is 0 Å². The molecule has 0 spiro atoms. The van der Waals surface area contributed by atoms with Crippen LogP contribution in [0.4, 0.5) is 0 Å². The van der Waals surface area contributed by atoms with Gasteiger partial charge in [-0.2, -0.15) is 0 Å². The van der Waals surface area contributed by atoms with Crippen molar-refractivity contribution in [2.24, 2.45) is 0 Å². The summed E-state index contributed by atoms with van der Waals surface area (Å²) in [6.07, 6.45) is 0. The summed E-state index contributed by atoms with van der Waals surface area (Å²) in [4.78, 5) is 23.8. The maximum atomic E-state index is 12.0. The van der Waals surface area contributed by atoms with Crippen molar-refractivity contribution in [2.45, 2.75) is 6.54 Å². The van der Waals surface area contributed by atoms with Gasteiger partial charge in [0.1, 0.15) is 9.71 Å². The quantitative estimate of drug-likeness (QED) is 0.801. The van der Waals surface area contributed by atoms with Gasteiger partial charge in [0.25, 0.3) is 0 Å². The zero-order valence-electron chi connectivity index (χ0n) is 10.00. The summed E-state index contributed by atoms with van der Waals surface area (Å²) in [5, 5.41) is 9.64. The smallest absolute Gasteiger partial charge is 0.345 e. The van der Waals surface area contributed by atoms with Gasteiger partial charge in [0.05, 0.1) is 11.2 Å². The molecule has 0 bridgehead atoms. The summed E-state index contributed by atoms with van der Waals surface area (Å²) in [5.41, 5.74) is 0.946. The van der Waals surface area contributed by atoms with Gasteiger partial charge in [0.2, 0.25) is 0 Å². The van der Waals surface area contributed by atoms with Crippen molar-refractivity contribution < 1.29 is 9.90 Å². The largest absolute Gasteiger partial charge is 0.477 e. The Hall–Kier alpha value is -1.63. The van der Waals surface area contributed by atoms with Crippen molar-refractivity contribution in [1.82, 2.24) is 4.57 Å². The monoisotopic (exact) mass is 325 g/mol. The molecule has 0 aliphatic rings. The molecular formula is C13H8ClNO3S2. The minimum Gasteiger partial charge on any atom is -0.477 e. The third-order valence-corrected chi connectivity index (χ3v) is 5.26. The van der Waals surface area contributed by atoms with Crippen LogP contribution in [0.1, 0.15) is 15.2 Å². The van der Waals surface area contributed by atoms with Crippen molar-refractivity contribution in [3.8, 4) is 0 Å². The topological polar surface area (TPSA) is 59.3 Å². The minimum absolute atomic E-state index is 0.0851. The number of benzene rings is 1. The summed E-state index contributed by atoms with van der Waals surface area (Å²) in [5.74, 6) is -0.969. The molecule has 0 aliphatic heterocycles. The van der Waals surface area contributed by atoms with Gasteiger partial charge >= 0.3 is 10.8 Å². The summed E-state index contributed by atoms with van der Waals surface area (Å²) < 4.78 is 2.31. The Bertz CT molecular complexity index is 845. The number of thiazole rings is 1. The molecule has 1 aromatic carbocycles. The molecule has 0 radical (unpaired) electrons. The molecule has 0 saturated carbocycles. The molecule has 4 nitrogen and oxygen atoms in total. The highest BCUT2D eigenvalue weighted by Crippen LogP contribution is 2.28. The molecule has 0 atom stereocenters. The summed E-state index contributed by atoms with van der Waals surface area (Å²) in [6, 6.07) is 8.78. The van der Waals surface area contributed by atoms with Gasteiger partial charge < -0.3 is 5.11 Å². The molecule has 7 heteroatoms. The van der Waals surface area contributed by atoms with Gasteiger partial charge in [-0.3, -0.25) is 9.36 Å². The first kappa shape index (κ1) is 13.4. The predicted molar refractivity (Wildman–Crippen MR) is 81.5 cm³/mol. The minimum atomic E-state index is -0.969. The Morgan fingerprint density at radius 2 is 1.95 bits per heavy atom. The number of fused-ring (bicyclic) bond motifs is 1. The predicted octanol–water partition coefficient (Wildman–Crippen LogP) is 3.52. The highest BCUT2D eigenvalue weighted by atomic mass is 35.5. The lowest BCUT2D eigenvalue weighted by atomic mass is 10.2. The van der Waals surface area contributed by atoms with E-state index in [-0.39, 0.29) is 9.75 Å². The van der Waals surface area contributed by atoms with Crippen molar-refractivity contribution in [1.29, 1.82) is 0 Å². The first-order valence-electron chi connectivity index (χ1n) is 5.65. The lowest BCUT2D eigenvalue weighted by molar-refractivity contribution is 0.0702. The third kappa shape index (κ3) is 2.37. The summed E-state index contributed by atoms with van der Waals surface area (Å²) in [7, 11) is 0. The second kappa shape index (κ2) is 5.05. The molecule has 1 N–H and O–H groups in total. The van der Waals surface area contributed by atoms with Crippen LogP contribution in [-0.4, -0.2) is 15.6 Å². The summed E-state index contributed by atoms with van der Waals surface area (Å²) in [6.45, 7) is 0.412. The standard InChI is InChI=1S/C13H8ClNO3S2/c14-8-3-1-7(2-4-8)6-15-11-9(20-13(15)18)5-10(19-11)12(16)17/h1-5H,6H2,(H,16,17). The van der Waals surface area contributed by atoms with Gasteiger partial charge in [-0.15, -0.1) is 11.3 Å². The van der Waals surface area contributed by atoms with Crippen molar-refractivity contribution >= 4 is 49.8 Å². The van der Waals surface area contributed by atoms with Gasteiger partial charge in [0.15, 0.2) is 0 Å². The van der Waals surface area contributed by atoms with E-state index in [0.29, 0.717) is 21.1 Å². The van der Waals surface area contributed by atoms with Crippen LogP contribution < -0.4 is 4.87 Å². The Morgan fingerprint density at radius 3 is 2.60 bits per heavy atom. The van der Waals surface area contributed by atoms with Crippen LogP contribution in [0.3, 0.4) is 0 Å². The van der Waals surface area contributed by atoms with E-state index in [1.54, 1.807) is 22.8 Å². The Kier molecular flexibility index (Phi) is 3.37. The molecule has 3 rings (SSSR count). The van der Waals surface area contributed by atoms with E-state index in [4.69, 9.17) is 16.7 Å². The highest BCUT2D eigenvalue weighted by molar-refractivity contribution is 7.27. The van der Waals surface area contributed by atoms with E-state index >= 15 is 0 Å². The number of carboxylic acid groups (broad SMARTS) is 1.